The highest BCUT2D eigenvalue weighted by atomic mass is 16.5. The Bertz CT molecular complexity index is 766. The van der Waals surface area contributed by atoms with Gasteiger partial charge in [0.15, 0.2) is 0 Å². The minimum atomic E-state index is -0.881. The molecule has 29 heavy (non-hydrogen) atoms. The maximum absolute atomic E-state index is 11.9. The smallest absolute Gasteiger partial charge is 0.336 e. The number of aromatic carboxylic acids is 1. The number of hydrogen-bond donors (Lipinski definition) is 1. The Morgan fingerprint density at radius 1 is 1.24 bits per heavy atom. The zero-order valence-corrected chi connectivity index (χ0v) is 18.0. The number of carbonyl (C=O) groups is 1. The van der Waals surface area contributed by atoms with Crippen LogP contribution in [0.5, 0.6) is 0 Å². The first-order valence-corrected chi connectivity index (χ1v) is 10.9. The Kier molecular flexibility index (Phi) is 7.57. The van der Waals surface area contributed by atoms with Crippen LogP contribution in [-0.4, -0.2) is 61.4 Å². The summed E-state index contributed by atoms with van der Waals surface area (Å²) in [7, 11) is 0. The summed E-state index contributed by atoms with van der Waals surface area (Å²) in [4.78, 5) is 16.6. The Hall–Kier alpha value is -2.03. The van der Waals surface area contributed by atoms with Crippen LogP contribution in [0.2, 0.25) is 0 Å². The number of benzene rings is 1. The van der Waals surface area contributed by atoms with E-state index >= 15 is 0 Å². The van der Waals surface area contributed by atoms with E-state index in [0.29, 0.717) is 18.2 Å². The van der Waals surface area contributed by atoms with E-state index in [2.05, 4.69) is 41.6 Å². The normalized spacial score (nSPS) is 22.6. The average Bonchev–Trinajstić information content (AvgIpc) is 2.72. The Morgan fingerprint density at radius 2 is 1.93 bits per heavy atom. The highest BCUT2D eigenvalue weighted by Crippen LogP contribution is 2.33. The number of rotatable bonds is 5. The van der Waals surface area contributed by atoms with Crippen LogP contribution < -0.4 is 4.90 Å². The molecule has 0 spiro atoms. The number of ether oxygens (including phenoxy) is 1. The summed E-state index contributed by atoms with van der Waals surface area (Å²) in [5, 5.41) is 9.75. The van der Waals surface area contributed by atoms with Crippen LogP contribution in [0.1, 0.15) is 61.0 Å². The van der Waals surface area contributed by atoms with Crippen LogP contribution in [0.25, 0.3) is 0 Å². The second kappa shape index (κ2) is 10.1. The summed E-state index contributed by atoms with van der Waals surface area (Å²) >= 11 is 0. The van der Waals surface area contributed by atoms with Crippen molar-refractivity contribution in [1.82, 2.24) is 4.90 Å². The van der Waals surface area contributed by atoms with Crippen LogP contribution >= 0.6 is 0 Å². The zero-order chi connectivity index (χ0) is 20.8. The Labute approximate surface area is 175 Å². The van der Waals surface area contributed by atoms with Gasteiger partial charge in [-0.2, -0.15) is 0 Å². The van der Waals surface area contributed by atoms with E-state index < -0.39 is 5.97 Å². The van der Waals surface area contributed by atoms with E-state index in [4.69, 9.17) is 4.74 Å². The number of morpholine rings is 1. The van der Waals surface area contributed by atoms with Crippen molar-refractivity contribution in [2.24, 2.45) is 5.92 Å². The summed E-state index contributed by atoms with van der Waals surface area (Å²) in [5.41, 5.74) is 3.03. The van der Waals surface area contributed by atoms with E-state index in [0.717, 1.165) is 55.6 Å². The molecule has 2 fully saturated rings. The quantitative estimate of drug-likeness (QED) is 0.765. The van der Waals surface area contributed by atoms with Crippen molar-refractivity contribution in [3.63, 3.8) is 0 Å². The lowest BCUT2D eigenvalue weighted by atomic mass is 9.86. The molecule has 0 radical (unpaired) electrons. The van der Waals surface area contributed by atoms with Gasteiger partial charge >= 0.3 is 5.97 Å². The third-order valence-electron chi connectivity index (χ3n) is 6.33. The van der Waals surface area contributed by atoms with Crippen molar-refractivity contribution in [2.75, 3.05) is 44.3 Å². The lowest BCUT2D eigenvalue weighted by molar-refractivity contribution is 0.0443. The van der Waals surface area contributed by atoms with Gasteiger partial charge in [-0.05, 0) is 63.1 Å². The van der Waals surface area contributed by atoms with Crippen LogP contribution in [0.15, 0.2) is 12.1 Å². The molecule has 1 aliphatic carbocycles. The predicted octanol–water partition coefficient (Wildman–Crippen LogP) is 3.78. The molecule has 2 aliphatic rings. The molecule has 1 heterocycles. The van der Waals surface area contributed by atoms with E-state index in [1.54, 1.807) is 6.07 Å². The second-order valence-corrected chi connectivity index (χ2v) is 8.36. The predicted molar refractivity (Wildman–Crippen MR) is 117 cm³/mol. The molecule has 0 aromatic heterocycles. The fraction of sp³-hybridized carbons (Fsp3) is 0.625. The van der Waals surface area contributed by atoms with Crippen molar-refractivity contribution in [3.05, 3.63) is 28.8 Å². The van der Waals surface area contributed by atoms with Crippen LogP contribution in [0.3, 0.4) is 0 Å². The first-order valence-electron chi connectivity index (χ1n) is 10.9. The van der Waals surface area contributed by atoms with Gasteiger partial charge in [0.1, 0.15) is 0 Å². The molecule has 1 N–H and O–H groups in total. The van der Waals surface area contributed by atoms with Crippen LogP contribution in [-0.2, 0) is 4.74 Å². The molecular weight excluding hydrogens is 364 g/mol. The van der Waals surface area contributed by atoms with Crippen molar-refractivity contribution >= 4 is 11.7 Å². The Morgan fingerprint density at radius 3 is 2.55 bits per heavy atom. The molecule has 1 saturated heterocycles. The number of hydrogen-bond acceptors (Lipinski definition) is 4. The molecule has 1 aliphatic heterocycles. The summed E-state index contributed by atoms with van der Waals surface area (Å²) in [5.74, 6) is 6.37. The lowest BCUT2D eigenvalue weighted by Gasteiger charge is -2.38. The molecule has 1 saturated carbocycles. The molecule has 0 unspecified atom stereocenters. The third kappa shape index (κ3) is 5.52. The highest BCUT2D eigenvalue weighted by molar-refractivity contribution is 5.92. The van der Waals surface area contributed by atoms with Gasteiger partial charge in [0, 0.05) is 36.9 Å². The summed E-state index contributed by atoms with van der Waals surface area (Å²) in [6.07, 6.45) is 4.82. The summed E-state index contributed by atoms with van der Waals surface area (Å²) in [6.45, 7) is 11.3. The number of carboxylic acid groups (broad SMARTS) is 1. The third-order valence-corrected chi connectivity index (χ3v) is 6.33. The van der Waals surface area contributed by atoms with E-state index in [9.17, 15) is 9.90 Å². The molecule has 158 valence electrons. The SMILES string of the molecule is CCN(c1cc(C#CCN2CCOCC2)cc(C(=O)O)c1C)C1CCC(C)CC1. The van der Waals surface area contributed by atoms with Crippen molar-refractivity contribution < 1.29 is 14.6 Å². The number of carboxylic acids is 1. The second-order valence-electron chi connectivity index (χ2n) is 8.36. The van der Waals surface area contributed by atoms with Gasteiger partial charge < -0.3 is 14.7 Å². The first-order chi connectivity index (χ1) is 14.0. The van der Waals surface area contributed by atoms with E-state index in [1.807, 2.05) is 6.92 Å². The Balaban J connectivity index is 1.86. The van der Waals surface area contributed by atoms with Crippen molar-refractivity contribution in [2.45, 2.75) is 52.5 Å². The molecule has 5 nitrogen and oxygen atoms in total. The van der Waals surface area contributed by atoms with E-state index in [1.165, 1.54) is 25.7 Å². The monoisotopic (exact) mass is 398 g/mol. The van der Waals surface area contributed by atoms with Gasteiger partial charge in [-0.3, -0.25) is 4.90 Å². The standard InChI is InChI=1S/C24H34N2O3/c1-4-26(21-9-7-18(2)8-10-21)23-17-20(16-22(19(23)3)24(27)28)6-5-11-25-12-14-29-15-13-25/h16-18,21H,4,7-15H2,1-3H3,(H,27,28). The lowest BCUT2D eigenvalue weighted by Crippen LogP contribution is -2.38. The maximum Gasteiger partial charge on any atom is 0.336 e. The van der Waals surface area contributed by atoms with Gasteiger partial charge in [0.2, 0.25) is 0 Å². The molecule has 1 aromatic rings. The molecule has 0 atom stereocenters. The fourth-order valence-corrected chi connectivity index (χ4v) is 4.48. The minimum absolute atomic E-state index is 0.362. The molecule has 3 rings (SSSR count). The molecular formula is C24H34N2O3. The highest BCUT2D eigenvalue weighted by Gasteiger charge is 2.26. The van der Waals surface area contributed by atoms with Crippen LogP contribution in [0.4, 0.5) is 5.69 Å². The maximum atomic E-state index is 11.9. The molecule has 5 heteroatoms. The number of anilines is 1. The summed E-state index contributed by atoms with van der Waals surface area (Å²) < 4.78 is 5.38. The molecule has 0 bridgehead atoms. The molecule has 1 aromatic carbocycles. The van der Waals surface area contributed by atoms with Crippen molar-refractivity contribution in [1.29, 1.82) is 0 Å². The topological polar surface area (TPSA) is 53.0 Å². The summed E-state index contributed by atoms with van der Waals surface area (Å²) in [6, 6.07) is 4.30. The number of nitrogens with zero attached hydrogens (tertiary/aromatic N) is 2. The first kappa shape index (κ1) is 21.7. The zero-order valence-electron chi connectivity index (χ0n) is 18.0. The fourth-order valence-electron chi connectivity index (χ4n) is 4.48. The van der Waals surface area contributed by atoms with Gasteiger partial charge in [-0.15, -0.1) is 0 Å². The van der Waals surface area contributed by atoms with Crippen molar-refractivity contribution in [3.8, 4) is 11.8 Å². The van der Waals surface area contributed by atoms with Gasteiger partial charge in [0.05, 0.1) is 25.3 Å². The minimum Gasteiger partial charge on any atom is -0.478 e. The van der Waals surface area contributed by atoms with E-state index in [-0.39, 0.29) is 0 Å². The molecule has 0 amide bonds. The van der Waals surface area contributed by atoms with Gasteiger partial charge in [-0.1, -0.05) is 18.8 Å². The van der Waals surface area contributed by atoms with Gasteiger partial charge in [-0.25, -0.2) is 4.79 Å². The van der Waals surface area contributed by atoms with Crippen LogP contribution in [0, 0.1) is 24.7 Å². The largest absolute Gasteiger partial charge is 0.478 e. The van der Waals surface area contributed by atoms with Gasteiger partial charge in [0.25, 0.3) is 0 Å². The average molecular weight is 399 g/mol.